The monoisotopic (exact) mass is 295 g/mol. The number of ether oxygens (including phenoxy) is 1. The molecular weight excluding hydrogens is 266 g/mol. The summed E-state index contributed by atoms with van der Waals surface area (Å²) in [6, 6.07) is 4.08. The molecule has 0 aliphatic rings. The maximum absolute atomic E-state index is 6.13. The van der Waals surface area contributed by atoms with Crippen LogP contribution in [0, 0.1) is 12.3 Å². The third-order valence-electron chi connectivity index (χ3n) is 3.84. The van der Waals surface area contributed by atoms with E-state index in [-0.39, 0.29) is 5.41 Å². The highest BCUT2D eigenvalue weighted by molar-refractivity contribution is 7.80. The molecule has 3 heteroatoms. The summed E-state index contributed by atoms with van der Waals surface area (Å²) in [5.74, 6) is 1.83. The second-order valence-corrected chi connectivity index (χ2v) is 6.01. The normalized spacial score (nSPS) is 11.7. The van der Waals surface area contributed by atoms with Crippen molar-refractivity contribution in [2.75, 3.05) is 12.4 Å². The molecule has 0 saturated carbocycles. The molecule has 0 saturated heterocycles. The molecule has 0 spiro atoms. The largest absolute Gasteiger partial charge is 0.491 e. The van der Waals surface area contributed by atoms with E-state index in [1.54, 1.807) is 0 Å². The van der Waals surface area contributed by atoms with Gasteiger partial charge in [0.05, 0.1) is 12.3 Å². The highest BCUT2D eigenvalue weighted by Crippen LogP contribution is 2.32. The zero-order chi connectivity index (χ0) is 15.0. The average Bonchev–Trinajstić information content (AvgIpc) is 2.46. The van der Waals surface area contributed by atoms with Crippen LogP contribution in [0.2, 0.25) is 0 Å². The first-order valence-electron chi connectivity index (χ1n) is 7.81. The molecule has 0 unspecified atom stereocenters. The molecule has 0 aliphatic carbocycles. The average molecular weight is 295 g/mol. The van der Waals surface area contributed by atoms with Crippen molar-refractivity contribution >= 4 is 12.6 Å². The summed E-state index contributed by atoms with van der Waals surface area (Å²) in [6.07, 6.45) is 5.61. The fourth-order valence-corrected chi connectivity index (χ4v) is 3.15. The van der Waals surface area contributed by atoms with Crippen LogP contribution in [-0.4, -0.2) is 17.3 Å². The van der Waals surface area contributed by atoms with Crippen LogP contribution in [0.3, 0.4) is 0 Å². The molecule has 1 aromatic rings. The molecule has 0 fully saturated rings. The van der Waals surface area contributed by atoms with Gasteiger partial charge in [0, 0.05) is 11.1 Å². The minimum absolute atomic E-state index is 0.197. The van der Waals surface area contributed by atoms with Crippen LogP contribution in [0.5, 0.6) is 5.75 Å². The lowest BCUT2D eigenvalue weighted by molar-refractivity contribution is 0.142. The standard InChI is InChI=1S/C17H29NOS/c1-5-10-17(13-20,11-6-2)12-19-16-9-8-14(4)18-15(16)7-3/h8-9,20H,5-7,10-13H2,1-4H3. The molecule has 20 heavy (non-hydrogen) atoms. The number of nitrogens with zero attached hydrogens (tertiary/aromatic N) is 1. The third kappa shape index (κ3) is 4.69. The summed E-state index contributed by atoms with van der Waals surface area (Å²) in [6.45, 7) is 9.36. The first-order valence-corrected chi connectivity index (χ1v) is 8.44. The molecule has 0 aliphatic heterocycles. The van der Waals surface area contributed by atoms with E-state index in [1.807, 2.05) is 13.0 Å². The fourth-order valence-electron chi connectivity index (χ4n) is 2.75. The van der Waals surface area contributed by atoms with Crippen LogP contribution in [0.25, 0.3) is 0 Å². The number of pyridine rings is 1. The summed E-state index contributed by atoms with van der Waals surface area (Å²) in [5.41, 5.74) is 2.31. The smallest absolute Gasteiger partial charge is 0.140 e. The van der Waals surface area contributed by atoms with E-state index >= 15 is 0 Å². The quantitative estimate of drug-likeness (QED) is 0.658. The van der Waals surface area contributed by atoms with Crippen molar-refractivity contribution in [2.45, 2.75) is 59.8 Å². The van der Waals surface area contributed by atoms with Crippen LogP contribution in [-0.2, 0) is 6.42 Å². The van der Waals surface area contributed by atoms with E-state index in [9.17, 15) is 0 Å². The van der Waals surface area contributed by atoms with E-state index in [0.717, 1.165) is 35.9 Å². The Bertz CT molecular complexity index is 400. The molecule has 0 aromatic carbocycles. The first kappa shape index (κ1) is 17.4. The molecule has 1 heterocycles. The maximum Gasteiger partial charge on any atom is 0.140 e. The molecule has 1 rings (SSSR count). The molecule has 0 atom stereocenters. The van der Waals surface area contributed by atoms with E-state index in [0.29, 0.717) is 0 Å². The molecule has 114 valence electrons. The second-order valence-electron chi connectivity index (χ2n) is 5.70. The zero-order valence-electron chi connectivity index (χ0n) is 13.4. The highest BCUT2D eigenvalue weighted by Gasteiger charge is 2.28. The molecule has 1 aromatic heterocycles. The lowest BCUT2D eigenvalue weighted by Crippen LogP contribution is -2.31. The van der Waals surface area contributed by atoms with Crippen LogP contribution in [0.1, 0.15) is 57.8 Å². The first-order chi connectivity index (χ1) is 9.60. The van der Waals surface area contributed by atoms with Crippen molar-refractivity contribution < 1.29 is 4.74 Å². The lowest BCUT2D eigenvalue weighted by atomic mass is 9.82. The number of thiol groups is 1. The Kier molecular flexibility index (Phi) is 7.42. The molecule has 2 nitrogen and oxygen atoms in total. The van der Waals surface area contributed by atoms with Gasteiger partial charge in [-0.15, -0.1) is 0 Å². The number of rotatable bonds is 9. The van der Waals surface area contributed by atoms with Gasteiger partial charge >= 0.3 is 0 Å². The summed E-state index contributed by atoms with van der Waals surface area (Å²) in [5, 5.41) is 0. The minimum Gasteiger partial charge on any atom is -0.491 e. The van der Waals surface area contributed by atoms with Gasteiger partial charge in [0.25, 0.3) is 0 Å². The van der Waals surface area contributed by atoms with Gasteiger partial charge in [0.1, 0.15) is 5.75 Å². The van der Waals surface area contributed by atoms with E-state index < -0.39 is 0 Å². The van der Waals surface area contributed by atoms with Crippen LogP contribution < -0.4 is 4.74 Å². The van der Waals surface area contributed by atoms with Crippen LogP contribution in [0.15, 0.2) is 12.1 Å². The number of aryl methyl sites for hydroxylation is 2. The van der Waals surface area contributed by atoms with Crippen molar-refractivity contribution in [2.24, 2.45) is 5.41 Å². The second kappa shape index (κ2) is 8.56. The predicted molar refractivity (Wildman–Crippen MR) is 89.9 cm³/mol. The zero-order valence-corrected chi connectivity index (χ0v) is 14.3. The number of hydrogen-bond acceptors (Lipinski definition) is 3. The van der Waals surface area contributed by atoms with Gasteiger partial charge in [0.2, 0.25) is 0 Å². The van der Waals surface area contributed by atoms with E-state index in [2.05, 4.69) is 44.5 Å². The van der Waals surface area contributed by atoms with Crippen molar-refractivity contribution in [3.63, 3.8) is 0 Å². The van der Waals surface area contributed by atoms with Crippen molar-refractivity contribution in [1.82, 2.24) is 4.98 Å². The molecule has 0 N–H and O–H groups in total. The van der Waals surface area contributed by atoms with Crippen molar-refractivity contribution in [3.8, 4) is 5.75 Å². The summed E-state index contributed by atoms with van der Waals surface area (Å²) >= 11 is 4.59. The van der Waals surface area contributed by atoms with Crippen LogP contribution in [0.4, 0.5) is 0 Å². The number of hydrogen-bond donors (Lipinski definition) is 1. The van der Waals surface area contributed by atoms with Gasteiger partial charge in [-0.05, 0) is 44.1 Å². The van der Waals surface area contributed by atoms with Gasteiger partial charge < -0.3 is 4.74 Å². The Hall–Kier alpha value is -0.700. The molecule has 0 amide bonds. The van der Waals surface area contributed by atoms with Crippen molar-refractivity contribution in [3.05, 3.63) is 23.5 Å². The Morgan fingerprint density at radius 3 is 2.30 bits per heavy atom. The lowest BCUT2D eigenvalue weighted by Gasteiger charge is -2.32. The van der Waals surface area contributed by atoms with Gasteiger partial charge in [-0.25, -0.2) is 0 Å². The fraction of sp³-hybridized carbons (Fsp3) is 0.706. The van der Waals surface area contributed by atoms with E-state index in [4.69, 9.17) is 4.74 Å². The van der Waals surface area contributed by atoms with Gasteiger partial charge in [-0.1, -0.05) is 33.6 Å². The van der Waals surface area contributed by atoms with E-state index in [1.165, 1.54) is 25.7 Å². The summed E-state index contributed by atoms with van der Waals surface area (Å²) < 4.78 is 6.13. The van der Waals surface area contributed by atoms with Gasteiger partial charge in [0.15, 0.2) is 0 Å². The summed E-state index contributed by atoms with van der Waals surface area (Å²) in [7, 11) is 0. The maximum atomic E-state index is 6.13. The Morgan fingerprint density at radius 1 is 1.15 bits per heavy atom. The predicted octanol–water partition coefficient (Wildman–Crippen LogP) is 4.85. The Labute approximate surface area is 129 Å². The van der Waals surface area contributed by atoms with Gasteiger partial charge in [-0.3, -0.25) is 4.98 Å². The SMILES string of the molecule is CCCC(CS)(CCC)COc1ccc(C)nc1CC. The summed E-state index contributed by atoms with van der Waals surface area (Å²) in [4.78, 5) is 4.57. The number of aromatic nitrogens is 1. The molecule has 0 radical (unpaired) electrons. The third-order valence-corrected chi connectivity index (χ3v) is 4.51. The van der Waals surface area contributed by atoms with Crippen molar-refractivity contribution in [1.29, 1.82) is 0 Å². The Morgan fingerprint density at radius 2 is 1.80 bits per heavy atom. The van der Waals surface area contributed by atoms with Crippen LogP contribution >= 0.6 is 12.6 Å². The van der Waals surface area contributed by atoms with Gasteiger partial charge in [-0.2, -0.15) is 12.6 Å². The molecule has 0 bridgehead atoms. The minimum atomic E-state index is 0.197. The Balaban J connectivity index is 2.81. The topological polar surface area (TPSA) is 22.1 Å². The molecular formula is C17H29NOS. The highest BCUT2D eigenvalue weighted by atomic mass is 32.1.